The highest BCUT2D eigenvalue weighted by Gasteiger charge is 2.85. The third kappa shape index (κ3) is 12.7. The van der Waals surface area contributed by atoms with Gasteiger partial charge in [0.15, 0.2) is 6.10 Å². The van der Waals surface area contributed by atoms with Gasteiger partial charge in [-0.1, -0.05) is 26.5 Å². The molecule has 8 heterocycles. The van der Waals surface area contributed by atoms with E-state index in [0.717, 1.165) is 43.1 Å². The number of nitrogens with zero attached hydrogens (tertiary/aromatic N) is 3. The van der Waals surface area contributed by atoms with Crippen LogP contribution >= 0.6 is 0 Å². The van der Waals surface area contributed by atoms with Gasteiger partial charge in [0, 0.05) is 66.1 Å². The van der Waals surface area contributed by atoms with Crippen molar-refractivity contribution >= 4 is 67.7 Å². The molecule has 11 atom stereocenters. The van der Waals surface area contributed by atoms with Gasteiger partial charge in [-0.15, -0.1) is 0 Å². The molecule has 8 aliphatic heterocycles. The Labute approximate surface area is 506 Å². The smallest absolute Gasteiger partial charge is 0.398 e. The van der Waals surface area contributed by atoms with E-state index < -0.39 is 166 Å². The number of carboxylic acid groups (broad SMARTS) is 2. The Morgan fingerprint density at radius 2 is 1.61 bits per heavy atom. The standard InChI is InChI=1S/C57H71N5O24S2/c1-12-32-25(3)35-16-37-27(5)34(47(61-37)44-45(52(69)70)49(68)43-28(6)38(62-48(43)44)18-40-33(13-2)26(4)36(60-40)17-39(32)59-35)14-15-42(67)82-50-51-56(22-64,86-88(76,77)78)57(84-51,53(71)72)85-55(50,11)24-79-20-31(21-81-87(73,74)75)46(58-29(7)65)41(19-63)83-54(9,10)23-80-30(8)66/h12,16-18,27,31,34,41,45-46,50-51,61,63-64,68H,1,13-15,19-24H2,2-11H3,(H,58,65)(H,69,70)(H,71,72)(H,73,74,75)(H,76,77,78)/t27?,31?,34?,41-,45?,46-,50-,51?,55?,56+,57?/m0/s1. The van der Waals surface area contributed by atoms with Gasteiger partial charge in [-0.25, -0.2) is 28.1 Å². The molecule has 1 aliphatic carbocycles. The van der Waals surface area contributed by atoms with Gasteiger partial charge in [-0.2, -0.15) is 16.8 Å². The number of nitrogens with one attached hydrogen (secondary N) is 2. The number of hydrogen-bond acceptors (Lipinski definition) is 24. The van der Waals surface area contributed by atoms with Crippen molar-refractivity contribution < 1.29 is 112 Å². The minimum atomic E-state index is -5.71. The molecule has 0 aromatic carbocycles. The van der Waals surface area contributed by atoms with E-state index in [-0.39, 0.29) is 35.6 Å². The van der Waals surface area contributed by atoms with Gasteiger partial charge >= 0.3 is 50.5 Å². The number of aliphatic imine (C=N–C) groups is 3. The van der Waals surface area contributed by atoms with E-state index in [0.29, 0.717) is 46.2 Å². The number of carbonyl (C=O) groups excluding carboxylic acids is 3. The van der Waals surface area contributed by atoms with Crippen LogP contribution in [0.4, 0.5) is 0 Å². The average Bonchev–Trinajstić information content (AvgIpc) is 0.909. The highest BCUT2D eigenvalue weighted by atomic mass is 32.3. The molecular formula is C57H71N5O24S2. The van der Waals surface area contributed by atoms with E-state index in [1.165, 1.54) is 13.8 Å². The number of fused-ring (bicyclic) bond motifs is 7. The molecule has 9 rings (SSSR count). The fourth-order valence-corrected chi connectivity index (χ4v) is 13.4. The normalized spacial score (nSPS) is 28.5. The number of aliphatic hydroxyl groups is 3. The molecule has 9 aliphatic rings. The SMILES string of the molecule is C=CC1=C(C)C2=NC1=CC1=NC(=CC3=C(C)C4=C(O)C(C(=O)O)C(=C5NC(=C2)C(C)C5CCC(=O)O[C@H]2C5OC(C(=O)O)(OC2(C)COCC(COS(=O)(=O)O)[C@H](NC(C)=O)[C@H](CO)OC(C)(C)COC(C)=O)[C@]5(CO)OS(=O)(=O)O)C4=N3)C(CC)=C1C. The molecule has 7 unspecified atom stereocenters. The summed E-state index contributed by atoms with van der Waals surface area (Å²) in [5, 5.41) is 60.8. The predicted octanol–water partition coefficient (Wildman–Crippen LogP) is 3.04. The van der Waals surface area contributed by atoms with Gasteiger partial charge < -0.3 is 64.6 Å². The number of hydrogen-bond donors (Lipinski definition) is 9. The molecule has 1 amide bonds. The second kappa shape index (κ2) is 24.8. The number of allylic oxidation sites excluding steroid dienone is 11. The Morgan fingerprint density at radius 3 is 2.19 bits per heavy atom. The van der Waals surface area contributed by atoms with Crippen LogP contribution in [-0.2, 0) is 81.6 Å². The molecule has 0 aromatic rings. The van der Waals surface area contributed by atoms with Crippen LogP contribution < -0.4 is 10.6 Å². The fourth-order valence-electron chi connectivity index (χ4n) is 12.4. The highest BCUT2D eigenvalue weighted by molar-refractivity contribution is 7.81. The van der Waals surface area contributed by atoms with Crippen molar-refractivity contribution in [3.8, 4) is 0 Å². The Morgan fingerprint density at radius 1 is 0.943 bits per heavy atom. The van der Waals surface area contributed by atoms with E-state index in [9.17, 15) is 75.4 Å². The molecule has 31 heteroatoms. The average molecular weight is 1270 g/mol. The maximum atomic E-state index is 14.7. The number of carboxylic acids is 2. The van der Waals surface area contributed by atoms with Crippen LogP contribution in [0, 0.1) is 23.7 Å². The van der Waals surface area contributed by atoms with Crippen molar-refractivity contribution in [2.75, 3.05) is 39.6 Å². The molecule has 480 valence electrons. The summed E-state index contributed by atoms with van der Waals surface area (Å²) in [5.74, 6) is -14.4. The first-order valence-corrected chi connectivity index (χ1v) is 30.6. The van der Waals surface area contributed by atoms with E-state index in [1.54, 1.807) is 25.2 Å². The highest BCUT2D eigenvalue weighted by Crippen LogP contribution is 2.58. The summed E-state index contributed by atoms with van der Waals surface area (Å²) in [6, 6.07) is -1.48. The minimum absolute atomic E-state index is 0.0940. The quantitative estimate of drug-likeness (QED) is 0.0444. The molecule has 0 radical (unpaired) electrons. The number of carbonyl (C=O) groups is 5. The van der Waals surface area contributed by atoms with Crippen molar-refractivity contribution in [1.29, 1.82) is 0 Å². The van der Waals surface area contributed by atoms with Crippen molar-refractivity contribution in [1.82, 2.24) is 10.6 Å². The van der Waals surface area contributed by atoms with Crippen molar-refractivity contribution in [3.63, 3.8) is 0 Å². The largest absolute Gasteiger partial charge is 0.510 e. The lowest BCUT2D eigenvalue weighted by atomic mass is 9.70. The van der Waals surface area contributed by atoms with Crippen LogP contribution in [0.1, 0.15) is 88.5 Å². The monoisotopic (exact) mass is 1270 g/mol. The summed E-state index contributed by atoms with van der Waals surface area (Å²) in [7, 11) is -11.0. The molecular weight excluding hydrogens is 1200 g/mol. The summed E-state index contributed by atoms with van der Waals surface area (Å²) < 4.78 is 113. The number of amides is 1. The van der Waals surface area contributed by atoms with Gasteiger partial charge in [0.2, 0.25) is 11.5 Å². The lowest BCUT2D eigenvalue weighted by Gasteiger charge is -2.66. The zero-order chi connectivity index (χ0) is 65.1. The molecule has 10 bridgehead atoms. The first-order chi connectivity index (χ1) is 41.0. The molecule has 9 N–H and O–H groups in total. The van der Waals surface area contributed by atoms with Crippen LogP contribution in [0.15, 0.2) is 119 Å². The summed E-state index contributed by atoms with van der Waals surface area (Å²) in [4.78, 5) is 80.6. The Kier molecular flexibility index (Phi) is 18.9. The van der Waals surface area contributed by atoms with E-state index in [4.69, 9.17) is 51.8 Å². The molecule has 0 aromatic heterocycles. The van der Waals surface area contributed by atoms with Crippen LogP contribution in [0.25, 0.3) is 0 Å². The molecule has 0 saturated carbocycles. The maximum Gasteiger partial charge on any atom is 0.398 e. The van der Waals surface area contributed by atoms with Gasteiger partial charge in [0.1, 0.15) is 36.1 Å². The van der Waals surface area contributed by atoms with Gasteiger partial charge in [0.25, 0.3) is 0 Å². The Bertz CT molecular complexity index is 3620. The molecule has 88 heavy (non-hydrogen) atoms. The summed E-state index contributed by atoms with van der Waals surface area (Å²) >= 11 is 0. The van der Waals surface area contributed by atoms with Crippen molar-refractivity contribution in [2.45, 2.75) is 135 Å². The second-order valence-electron chi connectivity index (χ2n) is 23.2. The Balaban J connectivity index is 1.17. The van der Waals surface area contributed by atoms with Crippen LogP contribution in [0.3, 0.4) is 0 Å². The first kappa shape index (κ1) is 67.1. The van der Waals surface area contributed by atoms with Crippen molar-refractivity contribution in [2.24, 2.45) is 38.6 Å². The second-order valence-corrected chi connectivity index (χ2v) is 25.3. The predicted molar refractivity (Wildman–Crippen MR) is 307 cm³/mol. The lowest BCUT2D eigenvalue weighted by molar-refractivity contribution is -0.506. The topological polar surface area (TPSA) is 430 Å². The van der Waals surface area contributed by atoms with Gasteiger partial charge in [-0.05, 0) is 94.9 Å². The van der Waals surface area contributed by atoms with E-state index in [1.807, 2.05) is 33.8 Å². The fraction of sp³-hybridized carbons (Fsp3) is 0.544. The zero-order valence-corrected chi connectivity index (χ0v) is 51.4. The number of esters is 2. The van der Waals surface area contributed by atoms with Crippen molar-refractivity contribution in [3.05, 3.63) is 104 Å². The lowest BCUT2D eigenvalue weighted by Crippen LogP contribution is -2.91. The minimum Gasteiger partial charge on any atom is -0.510 e. The summed E-state index contributed by atoms with van der Waals surface area (Å²) in [5.41, 5.74) is 0.956. The number of aliphatic hydroxyl groups excluding tert-OH is 3. The number of aliphatic carboxylic acids is 2. The zero-order valence-electron chi connectivity index (χ0n) is 49.7. The van der Waals surface area contributed by atoms with Crippen LogP contribution in [0.2, 0.25) is 0 Å². The van der Waals surface area contributed by atoms with Gasteiger partial charge in [-0.3, -0.25) is 28.3 Å². The van der Waals surface area contributed by atoms with E-state index in [2.05, 4.69) is 17.2 Å². The Hall–Kier alpha value is -6.88. The third-order valence-electron chi connectivity index (χ3n) is 16.6. The summed E-state index contributed by atoms with van der Waals surface area (Å²) in [6.07, 6.45) is 1.26. The summed E-state index contributed by atoms with van der Waals surface area (Å²) in [6.45, 7) is 14.1. The maximum absolute atomic E-state index is 14.7. The third-order valence-corrected chi connectivity index (χ3v) is 17.6. The molecule has 0 spiro atoms. The molecule has 4 fully saturated rings. The number of rotatable bonds is 26. The van der Waals surface area contributed by atoms with E-state index >= 15 is 0 Å². The number of ether oxygens (including phenoxy) is 6. The first-order valence-electron chi connectivity index (χ1n) is 27.8. The van der Waals surface area contributed by atoms with Crippen LogP contribution in [-0.4, -0.2) is 185 Å². The molecule has 29 nitrogen and oxygen atoms in total. The van der Waals surface area contributed by atoms with Gasteiger partial charge in [0.05, 0.1) is 78.9 Å². The van der Waals surface area contributed by atoms with Crippen LogP contribution in [0.5, 0.6) is 0 Å². The molecule has 4 saturated heterocycles.